The fraction of sp³-hybridized carbons (Fsp3) is 1.00. The van der Waals surface area contributed by atoms with Crippen LogP contribution in [0.5, 0.6) is 0 Å². The quantitative estimate of drug-likeness (QED) is 0.321. The van der Waals surface area contributed by atoms with Gasteiger partial charge in [-0.05, 0) is 13.5 Å². The van der Waals surface area contributed by atoms with Gasteiger partial charge in [0, 0.05) is 13.1 Å². The van der Waals surface area contributed by atoms with E-state index in [1.807, 2.05) is 6.92 Å². The minimum atomic E-state index is -3.35. The molecule has 7 heteroatoms. The third kappa shape index (κ3) is 10.8. The van der Waals surface area contributed by atoms with E-state index in [1.165, 1.54) is 6.92 Å². The van der Waals surface area contributed by atoms with Crippen molar-refractivity contribution in [2.45, 2.75) is 13.8 Å². The first-order chi connectivity index (χ1) is 5.62. The number of rotatable bonds is 7. The van der Waals surface area contributed by atoms with Crippen LogP contribution in [0.4, 0.5) is 0 Å². The van der Waals surface area contributed by atoms with Crippen LogP contribution in [0.3, 0.4) is 0 Å². The predicted octanol–water partition coefficient (Wildman–Crippen LogP) is -1.18. The summed E-state index contributed by atoms with van der Waals surface area (Å²) in [4.78, 5) is 0. The molecule has 5 nitrogen and oxygen atoms in total. The SMILES string of the molecule is CCNCCNOS(=O)(=O)CC.[NaH]. The van der Waals surface area contributed by atoms with E-state index in [4.69, 9.17) is 0 Å². The molecule has 0 unspecified atom stereocenters. The number of hydrogen-bond donors (Lipinski definition) is 2. The molecule has 13 heavy (non-hydrogen) atoms. The number of nitrogens with one attached hydrogen (secondary N) is 2. The van der Waals surface area contributed by atoms with Crippen molar-refractivity contribution >= 4 is 39.7 Å². The average Bonchev–Trinajstić information content (AvgIpc) is 2.04. The summed E-state index contributed by atoms with van der Waals surface area (Å²) in [5.41, 5.74) is 2.36. The van der Waals surface area contributed by atoms with Gasteiger partial charge >= 0.3 is 29.6 Å². The van der Waals surface area contributed by atoms with Crippen LogP contribution in [0, 0.1) is 0 Å². The zero-order chi connectivity index (χ0) is 9.45. The number of likely N-dealkylation sites (N-methyl/N-ethyl adjacent to an activating group) is 1. The Bertz CT molecular complexity index is 196. The molecule has 0 atom stereocenters. The summed E-state index contributed by atoms with van der Waals surface area (Å²) in [5, 5.41) is 3.02. The van der Waals surface area contributed by atoms with Gasteiger partial charge in [0.05, 0.1) is 5.75 Å². The minimum absolute atomic E-state index is 0. The van der Waals surface area contributed by atoms with Crippen LogP contribution in [0.25, 0.3) is 0 Å². The van der Waals surface area contributed by atoms with Gasteiger partial charge < -0.3 is 5.32 Å². The second kappa shape index (κ2) is 9.39. The summed E-state index contributed by atoms with van der Waals surface area (Å²) in [6.45, 7) is 5.54. The van der Waals surface area contributed by atoms with Gasteiger partial charge in [-0.25, -0.2) is 0 Å². The molecule has 0 aliphatic rings. The van der Waals surface area contributed by atoms with Gasteiger partial charge in [-0.2, -0.15) is 18.2 Å². The van der Waals surface area contributed by atoms with Crippen LogP contribution in [0.2, 0.25) is 0 Å². The van der Waals surface area contributed by atoms with Gasteiger partial charge in [0.2, 0.25) is 0 Å². The first-order valence-electron chi connectivity index (χ1n) is 3.97. The Balaban J connectivity index is 0. The van der Waals surface area contributed by atoms with Crippen LogP contribution >= 0.6 is 0 Å². The molecule has 2 N–H and O–H groups in total. The van der Waals surface area contributed by atoms with E-state index in [2.05, 4.69) is 15.1 Å². The molecule has 0 bridgehead atoms. The van der Waals surface area contributed by atoms with Crippen molar-refractivity contribution in [3.05, 3.63) is 0 Å². The molecular weight excluding hydrogens is 203 g/mol. The molecule has 0 aromatic carbocycles. The van der Waals surface area contributed by atoms with Crippen molar-refractivity contribution < 1.29 is 12.7 Å². The van der Waals surface area contributed by atoms with E-state index in [1.54, 1.807) is 0 Å². The van der Waals surface area contributed by atoms with Gasteiger partial charge in [-0.15, -0.1) is 0 Å². The van der Waals surface area contributed by atoms with Crippen molar-refractivity contribution in [3.8, 4) is 0 Å². The maximum absolute atomic E-state index is 10.7. The summed E-state index contributed by atoms with van der Waals surface area (Å²) in [5.74, 6) is -0.0127. The van der Waals surface area contributed by atoms with Gasteiger partial charge in [-0.3, -0.25) is 0 Å². The van der Waals surface area contributed by atoms with Crippen molar-refractivity contribution in [1.82, 2.24) is 10.8 Å². The number of hydrogen-bond acceptors (Lipinski definition) is 5. The zero-order valence-corrected chi connectivity index (χ0v) is 8.28. The third-order valence-corrected chi connectivity index (χ3v) is 2.27. The normalized spacial score (nSPS) is 10.9. The van der Waals surface area contributed by atoms with E-state index < -0.39 is 10.1 Å². The maximum atomic E-state index is 10.7. The van der Waals surface area contributed by atoms with E-state index in [9.17, 15) is 8.42 Å². The van der Waals surface area contributed by atoms with Crippen LogP contribution < -0.4 is 10.8 Å². The molecule has 0 spiro atoms. The van der Waals surface area contributed by atoms with Crippen LogP contribution in [0.15, 0.2) is 0 Å². The fourth-order valence-electron chi connectivity index (χ4n) is 0.507. The molecule has 0 aromatic heterocycles. The Morgan fingerprint density at radius 3 is 2.31 bits per heavy atom. The summed E-state index contributed by atoms with van der Waals surface area (Å²) < 4.78 is 25.9. The molecule has 0 aliphatic heterocycles. The van der Waals surface area contributed by atoms with Crippen LogP contribution in [0.1, 0.15) is 13.8 Å². The standard InChI is InChI=1S/C6H16N2O3S.Na.H/c1-3-7-5-6-8-11-12(9,10)4-2;;/h7-8H,3-6H2,1-2H3;;. The van der Waals surface area contributed by atoms with E-state index in [-0.39, 0.29) is 35.3 Å². The second-order valence-corrected chi connectivity index (χ2v) is 4.04. The Morgan fingerprint density at radius 1 is 1.23 bits per heavy atom. The molecule has 0 saturated heterocycles. The zero-order valence-electron chi connectivity index (χ0n) is 7.46. The Hall–Kier alpha value is 0.830. The van der Waals surface area contributed by atoms with Gasteiger partial charge in [0.25, 0.3) is 10.1 Å². The topological polar surface area (TPSA) is 67.4 Å². The molecule has 0 amide bonds. The van der Waals surface area contributed by atoms with Crippen LogP contribution in [-0.2, 0) is 14.4 Å². The molecule has 0 aliphatic carbocycles. The summed E-state index contributed by atoms with van der Waals surface area (Å²) >= 11 is 0. The fourth-order valence-corrected chi connectivity index (χ4v) is 0.887. The molecule has 0 aromatic rings. The molecule has 76 valence electrons. The summed E-state index contributed by atoms with van der Waals surface area (Å²) in [7, 11) is -3.35. The third-order valence-electron chi connectivity index (χ3n) is 1.19. The molecule has 0 radical (unpaired) electrons. The first-order valence-corrected chi connectivity index (χ1v) is 5.55. The molecule has 0 heterocycles. The van der Waals surface area contributed by atoms with Gasteiger partial charge in [-0.1, -0.05) is 6.92 Å². The van der Waals surface area contributed by atoms with Crippen molar-refractivity contribution in [1.29, 1.82) is 0 Å². The van der Waals surface area contributed by atoms with Crippen molar-refractivity contribution in [3.63, 3.8) is 0 Å². The Morgan fingerprint density at radius 2 is 1.85 bits per heavy atom. The first kappa shape index (κ1) is 16.3. The number of hydroxylamine groups is 1. The van der Waals surface area contributed by atoms with Gasteiger partial charge in [0.1, 0.15) is 0 Å². The Labute approximate surface area is 102 Å². The van der Waals surface area contributed by atoms with Crippen molar-refractivity contribution in [2.75, 3.05) is 25.4 Å². The second-order valence-electron chi connectivity index (χ2n) is 2.18. The predicted molar refractivity (Wildman–Crippen MR) is 54.2 cm³/mol. The molecule has 0 rings (SSSR count). The van der Waals surface area contributed by atoms with Crippen molar-refractivity contribution in [2.24, 2.45) is 0 Å². The molecular formula is C6H17N2NaO3S. The molecule has 0 saturated carbocycles. The molecule has 0 fully saturated rings. The van der Waals surface area contributed by atoms with E-state index in [0.717, 1.165) is 6.54 Å². The summed E-state index contributed by atoms with van der Waals surface area (Å²) in [6, 6.07) is 0. The van der Waals surface area contributed by atoms with Gasteiger partial charge in [0.15, 0.2) is 0 Å². The Kier molecular flexibility index (Phi) is 11.7. The van der Waals surface area contributed by atoms with E-state index in [0.29, 0.717) is 13.1 Å². The van der Waals surface area contributed by atoms with E-state index >= 15 is 0 Å². The van der Waals surface area contributed by atoms with Crippen LogP contribution in [-0.4, -0.2) is 63.4 Å². The summed E-state index contributed by atoms with van der Waals surface area (Å²) in [6.07, 6.45) is 0. The average molecular weight is 220 g/mol. The monoisotopic (exact) mass is 220 g/mol.